The third kappa shape index (κ3) is 4.25. The van der Waals surface area contributed by atoms with Crippen LogP contribution >= 0.6 is 0 Å². The highest BCUT2D eigenvalue weighted by Gasteiger charge is 2.35. The van der Waals surface area contributed by atoms with Gasteiger partial charge in [-0.25, -0.2) is 14.8 Å². The first kappa shape index (κ1) is 21.3. The van der Waals surface area contributed by atoms with Crippen LogP contribution in [0.15, 0.2) is 58.3 Å². The van der Waals surface area contributed by atoms with Gasteiger partial charge in [0.25, 0.3) is 0 Å². The summed E-state index contributed by atoms with van der Waals surface area (Å²) in [5.41, 5.74) is 7.49. The Kier molecular flexibility index (Phi) is 5.53. The van der Waals surface area contributed by atoms with Crippen LogP contribution in [0.3, 0.4) is 0 Å². The number of aliphatic hydroxyl groups is 1. The number of hydrogen-bond donors (Lipinski definition) is 4. The van der Waals surface area contributed by atoms with Crippen molar-refractivity contribution in [3.05, 3.63) is 59.4 Å². The average molecular weight is 445 g/mol. The van der Waals surface area contributed by atoms with E-state index in [2.05, 4.69) is 25.7 Å². The molecule has 166 valence electrons. The van der Waals surface area contributed by atoms with E-state index < -0.39 is 17.9 Å². The van der Waals surface area contributed by atoms with Crippen LogP contribution in [0.5, 0.6) is 0 Å². The maximum atomic E-state index is 12.8. The molecule has 1 aromatic heterocycles. The highest BCUT2D eigenvalue weighted by molar-refractivity contribution is 6.08. The van der Waals surface area contributed by atoms with Gasteiger partial charge < -0.3 is 16.2 Å². The number of amidine groups is 1. The standard InChI is InChI=1S/C20H18F3N7O2/c21-20(22,23)14-2-1-3-15(28-14)29-19(32)27-13-6-4-11(5-7-13)16-12(9-31)8-30-17(16)18(24)25-10-26-30/h1-7,10,12,31H,8-9H2,(H2,24,25,26)(H2,27,28,29,32). The van der Waals surface area contributed by atoms with E-state index in [-0.39, 0.29) is 18.3 Å². The number of fused-ring (bicyclic) bond motifs is 1. The molecular formula is C20H18F3N7O2. The fourth-order valence-electron chi connectivity index (χ4n) is 3.51. The van der Waals surface area contributed by atoms with Gasteiger partial charge in [0, 0.05) is 11.6 Å². The summed E-state index contributed by atoms with van der Waals surface area (Å²) >= 11 is 0. The number of anilines is 2. The number of rotatable bonds is 4. The van der Waals surface area contributed by atoms with Crippen molar-refractivity contribution in [2.75, 3.05) is 23.8 Å². The van der Waals surface area contributed by atoms with Crippen molar-refractivity contribution in [2.45, 2.75) is 6.18 Å². The van der Waals surface area contributed by atoms with Crippen molar-refractivity contribution in [1.29, 1.82) is 0 Å². The van der Waals surface area contributed by atoms with Crippen LogP contribution in [0.2, 0.25) is 0 Å². The Balaban J connectivity index is 1.49. The second-order valence-corrected chi connectivity index (χ2v) is 7.03. The van der Waals surface area contributed by atoms with Crippen LogP contribution in [-0.2, 0) is 6.18 Å². The number of aliphatic imine (C=N–C) groups is 1. The molecule has 2 aliphatic heterocycles. The summed E-state index contributed by atoms with van der Waals surface area (Å²) in [6, 6.07) is 9.20. The molecule has 2 aliphatic rings. The lowest BCUT2D eigenvalue weighted by Gasteiger charge is -2.18. The zero-order valence-corrected chi connectivity index (χ0v) is 16.5. The molecule has 1 atom stereocenters. The molecule has 4 rings (SSSR count). The van der Waals surface area contributed by atoms with E-state index in [0.717, 1.165) is 23.3 Å². The molecule has 0 radical (unpaired) electrons. The average Bonchev–Trinajstić information content (AvgIpc) is 3.14. The van der Waals surface area contributed by atoms with Crippen molar-refractivity contribution in [3.63, 3.8) is 0 Å². The quantitative estimate of drug-likeness (QED) is 0.575. The molecule has 32 heavy (non-hydrogen) atoms. The minimum Gasteiger partial charge on any atom is -0.396 e. The molecule has 0 saturated carbocycles. The number of amides is 2. The van der Waals surface area contributed by atoms with Gasteiger partial charge >= 0.3 is 12.2 Å². The number of carbonyl (C=O) groups excluding carboxylic acids is 1. The normalized spacial score (nSPS) is 17.8. The van der Waals surface area contributed by atoms with Crippen LogP contribution < -0.4 is 16.4 Å². The number of hydrazone groups is 1. The lowest BCUT2D eigenvalue weighted by Crippen LogP contribution is -2.29. The molecule has 3 heterocycles. The zero-order valence-electron chi connectivity index (χ0n) is 16.5. The van der Waals surface area contributed by atoms with Crippen LogP contribution in [0.4, 0.5) is 29.5 Å². The van der Waals surface area contributed by atoms with Gasteiger partial charge in [0.1, 0.15) is 23.5 Å². The van der Waals surface area contributed by atoms with Gasteiger partial charge in [-0.1, -0.05) is 18.2 Å². The number of nitrogens with zero attached hydrogens (tertiary/aromatic N) is 4. The Morgan fingerprint density at radius 1 is 1.19 bits per heavy atom. The minimum atomic E-state index is -4.61. The summed E-state index contributed by atoms with van der Waals surface area (Å²) < 4.78 is 38.3. The highest BCUT2D eigenvalue weighted by atomic mass is 19.4. The van der Waals surface area contributed by atoms with Gasteiger partial charge in [-0.15, -0.1) is 0 Å². The number of nitrogens with two attached hydrogens (primary N) is 1. The maximum Gasteiger partial charge on any atom is 0.433 e. The number of urea groups is 1. The number of benzene rings is 1. The van der Waals surface area contributed by atoms with Crippen LogP contribution in [-0.4, -0.2) is 46.5 Å². The van der Waals surface area contributed by atoms with Crippen molar-refractivity contribution < 1.29 is 23.1 Å². The lowest BCUT2D eigenvalue weighted by molar-refractivity contribution is -0.141. The van der Waals surface area contributed by atoms with Crippen molar-refractivity contribution in [3.8, 4) is 0 Å². The summed E-state index contributed by atoms with van der Waals surface area (Å²) in [7, 11) is 0. The third-order valence-corrected chi connectivity index (χ3v) is 4.90. The van der Waals surface area contributed by atoms with E-state index in [1.165, 1.54) is 12.4 Å². The number of halogens is 3. The SMILES string of the molecule is NC1=NC=NN2CC(CO)C(c3ccc(NC(=O)Nc4cccc(C(F)(F)F)n4)cc3)=C12. The van der Waals surface area contributed by atoms with E-state index >= 15 is 0 Å². The smallest absolute Gasteiger partial charge is 0.396 e. The van der Waals surface area contributed by atoms with Crippen molar-refractivity contribution >= 4 is 35.3 Å². The van der Waals surface area contributed by atoms with Gasteiger partial charge in [-0.2, -0.15) is 18.3 Å². The van der Waals surface area contributed by atoms with Gasteiger partial charge in [0.05, 0.1) is 13.2 Å². The molecular weight excluding hydrogens is 427 g/mol. The number of aromatic nitrogens is 1. The summed E-state index contributed by atoms with van der Waals surface area (Å²) in [5, 5.41) is 20.4. The number of hydrogen-bond acceptors (Lipinski definition) is 7. The number of carbonyl (C=O) groups is 1. The molecule has 0 fully saturated rings. The van der Waals surface area contributed by atoms with E-state index in [1.807, 2.05) is 0 Å². The van der Waals surface area contributed by atoms with Gasteiger partial charge in [0.15, 0.2) is 5.84 Å². The number of alkyl halides is 3. The van der Waals surface area contributed by atoms with Gasteiger partial charge in [-0.05, 0) is 35.4 Å². The molecule has 2 amide bonds. The summed E-state index contributed by atoms with van der Waals surface area (Å²) in [6.07, 6.45) is -3.26. The van der Waals surface area contributed by atoms with Crippen LogP contribution in [0.25, 0.3) is 5.57 Å². The fraction of sp³-hybridized carbons (Fsp3) is 0.200. The number of nitrogens with one attached hydrogen (secondary N) is 2. The predicted octanol–water partition coefficient (Wildman–Crippen LogP) is 2.69. The Bertz CT molecular complexity index is 1130. The Morgan fingerprint density at radius 2 is 1.94 bits per heavy atom. The highest BCUT2D eigenvalue weighted by Crippen LogP contribution is 2.37. The first-order chi connectivity index (χ1) is 15.3. The van der Waals surface area contributed by atoms with Gasteiger partial charge in [-0.3, -0.25) is 10.3 Å². The second-order valence-electron chi connectivity index (χ2n) is 7.03. The molecule has 0 aliphatic carbocycles. The monoisotopic (exact) mass is 445 g/mol. The molecule has 9 nitrogen and oxygen atoms in total. The molecule has 12 heteroatoms. The van der Waals surface area contributed by atoms with E-state index in [1.54, 1.807) is 29.3 Å². The number of aliphatic hydroxyl groups excluding tert-OH is 1. The molecule has 5 N–H and O–H groups in total. The molecule has 0 bridgehead atoms. The molecule has 1 unspecified atom stereocenters. The van der Waals surface area contributed by atoms with Crippen LogP contribution in [0.1, 0.15) is 11.3 Å². The van der Waals surface area contributed by atoms with Crippen LogP contribution in [0, 0.1) is 5.92 Å². The first-order valence-electron chi connectivity index (χ1n) is 9.47. The topological polar surface area (TPSA) is 128 Å². The van der Waals surface area contributed by atoms with E-state index in [9.17, 15) is 23.1 Å². The number of pyridine rings is 1. The summed E-state index contributed by atoms with van der Waals surface area (Å²) in [5.74, 6) is -0.158. The summed E-state index contributed by atoms with van der Waals surface area (Å²) in [4.78, 5) is 19.6. The Morgan fingerprint density at radius 3 is 2.62 bits per heavy atom. The van der Waals surface area contributed by atoms with Crippen molar-refractivity contribution in [2.24, 2.45) is 21.7 Å². The maximum absolute atomic E-state index is 12.8. The second kappa shape index (κ2) is 8.30. The minimum absolute atomic E-state index is 0.107. The first-order valence-corrected chi connectivity index (χ1v) is 9.47. The van der Waals surface area contributed by atoms with E-state index in [0.29, 0.717) is 23.8 Å². The predicted molar refractivity (Wildman–Crippen MR) is 113 cm³/mol. The third-order valence-electron chi connectivity index (χ3n) is 4.90. The molecule has 2 aromatic rings. The molecule has 0 saturated heterocycles. The fourth-order valence-corrected chi connectivity index (χ4v) is 3.51. The van der Waals surface area contributed by atoms with Crippen molar-refractivity contribution in [1.82, 2.24) is 9.99 Å². The largest absolute Gasteiger partial charge is 0.433 e. The zero-order chi connectivity index (χ0) is 22.9. The summed E-state index contributed by atoms with van der Waals surface area (Å²) in [6.45, 7) is 0.352. The molecule has 1 aromatic carbocycles. The van der Waals surface area contributed by atoms with Gasteiger partial charge in [0.2, 0.25) is 0 Å². The lowest BCUT2D eigenvalue weighted by atomic mass is 9.93. The Hall–Kier alpha value is -3.93. The Labute approximate surface area is 180 Å². The van der Waals surface area contributed by atoms with E-state index in [4.69, 9.17) is 5.73 Å². The molecule has 0 spiro atoms.